The zero-order valence-corrected chi connectivity index (χ0v) is 16.3. The Morgan fingerprint density at radius 2 is 1.96 bits per heavy atom. The molecule has 0 aromatic heterocycles. The second-order valence-corrected chi connectivity index (χ2v) is 8.80. The number of nitrogens with zero attached hydrogens (tertiary/aromatic N) is 2. The van der Waals surface area contributed by atoms with E-state index in [9.17, 15) is 17.6 Å². The summed E-state index contributed by atoms with van der Waals surface area (Å²) in [6.07, 6.45) is 1.06. The Labute approximate surface area is 167 Å². The molecule has 0 saturated carbocycles. The molecule has 1 N–H and O–H groups in total. The molecule has 1 amide bonds. The van der Waals surface area contributed by atoms with E-state index in [1.54, 1.807) is 0 Å². The van der Waals surface area contributed by atoms with Gasteiger partial charge in [-0.05, 0) is 55.3 Å². The maximum Gasteiger partial charge on any atom is 0.243 e. The minimum absolute atomic E-state index is 0.0320. The maximum absolute atomic E-state index is 13.5. The number of rotatable bonds is 4. The molecule has 2 aromatic carbocycles. The van der Waals surface area contributed by atoms with Crippen LogP contribution in [0.1, 0.15) is 18.4 Å². The van der Waals surface area contributed by atoms with E-state index in [4.69, 9.17) is 16.9 Å². The molecule has 1 fully saturated rings. The number of amides is 1. The van der Waals surface area contributed by atoms with Crippen molar-refractivity contribution in [2.45, 2.75) is 17.7 Å². The highest BCUT2D eigenvalue weighted by Gasteiger charge is 2.33. The van der Waals surface area contributed by atoms with Gasteiger partial charge in [0.2, 0.25) is 15.9 Å². The van der Waals surface area contributed by atoms with Crippen LogP contribution < -0.4 is 5.32 Å². The number of nitrogens with one attached hydrogen (secondary N) is 1. The minimum Gasteiger partial charge on any atom is -0.326 e. The Balaban J connectivity index is 1.72. The van der Waals surface area contributed by atoms with Crippen LogP contribution in [-0.4, -0.2) is 31.7 Å². The van der Waals surface area contributed by atoms with Gasteiger partial charge in [-0.1, -0.05) is 11.6 Å². The summed E-state index contributed by atoms with van der Waals surface area (Å²) >= 11 is 5.63. The van der Waals surface area contributed by atoms with E-state index in [2.05, 4.69) is 5.32 Å². The Morgan fingerprint density at radius 1 is 1.25 bits per heavy atom. The van der Waals surface area contributed by atoms with Gasteiger partial charge < -0.3 is 5.32 Å². The molecule has 0 bridgehead atoms. The highest BCUT2D eigenvalue weighted by atomic mass is 35.5. The molecule has 1 saturated heterocycles. The third kappa shape index (κ3) is 4.33. The fraction of sp³-hybridized carbons (Fsp3) is 0.263. The van der Waals surface area contributed by atoms with Crippen molar-refractivity contribution in [2.75, 3.05) is 18.4 Å². The molecule has 9 heteroatoms. The van der Waals surface area contributed by atoms with Crippen molar-refractivity contribution < 1.29 is 17.6 Å². The molecular weight excluding hydrogens is 405 g/mol. The van der Waals surface area contributed by atoms with Gasteiger partial charge in [0.15, 0.2) is 0 Å². The molecule has 28 heavy (non-hydrogen) atoms. The maximum atomic E-state index is 13.5. The minimum atomic E-state index is -3.77. The first-order chi connectivity index (χ1) is 13.3. The number of halogens is 2. The average molecular weight is 422 g/mol. The van der Waals surface area contributed by atoms with Gasteiger partial charge in [0.05, 0.1) is 27.5 Å². The number of hydrogen-bond donors (Lipinski definition) is 1. The topological polar surface area (TPSA) is 90.3 Å². The molecule has 1 atom stereocenters. The second kappa shape index (κ2) is 8.27. The number of nitriles is 1. The molecule has 3 rings (SSSR count). The van der Waals surface area contributed by atoms with Crippen molar-refractivity contribution >= 4 is 33.2 Å². The largest absolute Gasteiger partial charge is 0.326 e. The van der Waals surface area contributed by atoms with Gasteiger partial charge in [0, 0.05) is 18.8 Å². The van der Waals surface area contributed by atoms with E-state index in [1.165, 1.54) is 40.7 Å². The van der Waals surface area contributed by atoms with Crippen LogP contribution in [-0.2, 0) is 14.8 Å². The smallest absolute Gasteiger partial charge is 0.243 e. The van der Waals surface area contributed by atoms with E-state index < -0.39 is 21.8 Å². The molecule has 2 aromatic rings. The van der Waals surface area contributed by atoms with Gasteiger partial charge in [0.1, 0.15) is 5.82 Å². The lowest BCUT2D eigenvalue weighted by Crippen LogP contribution is -2.43. The van der Waals surface area contributed by atoms with E-state index in [0.717, 1.165) is 6.07 Å². The SMILES string of the molecule is N#Cc1ccc(S(=O)(=O)N2CCC[C@H](C(=O)Nc3ccc(Cl)c(F)c3)C2)cc1. The van der Waals surface area contributed by atoms with Gasteiger partial charge in [-0.15, -0.1) is 0 Å². The lowest BCUT2D eigenvalue weighted by Gasteiger charge is -2.31. The predicted octanol–water partition coefficient (Wildman–Crippen LogP) is 3.39. The average Bonchev–Trinajstić information content (AvgIpc) is 2.71. The fourth-order valence-corrected chi connectivity index (χ4v) is 4.68. The Morgan fingerprint density at radius 3 is 2.61 bits per heavy atom. The van der Waals surface area contributed by atoms with E-state index >= 15 is 0 Å². The van der Waals surface area contributed by atoms with Crippen LogP contribution in [0.25, 0.3) is 0 Å². The highest BCUT2D eigenvalue weighted by Crippen LogP contribution is 2.26. The molecule has 0 spiro atoms. The summed E-state index contributed by atoms with van der Waals surface area (Å²) < 4.78 is 40.5. The van der Waals surface area contributed by atoms with Gasteiger partial charge in [-0.2, -0.15) is 9.57 Å². The zero-order chi connectivity index (χ0) is 20.3. The van der Waals surface area contributed by atoms with Crippen LogP contribution in [0.5, 0.6) is 0 Å². The number of benzene rings is 2. The molecule has 1 heterocycles. The third-order valence-electron chi connectivity index (χ3n) is 4.56. The first kappa shape index (κ1) is 20.3. The van der Waals surface area contributed by atoms with Crippen LogP contribution in [0.15, 0.2) is 47.4 Å². The summed E-state index contributed by atoms with van der Waals surface area (Å²) in [7, 11) is -3.77. The Bertz CT molecular complexity index is 1040. The van der Waals surface area contributed by atoms with E-state index in [-0.39, 0.29) is 28.1 Å². The van der Waals surface area contributed by atoms with Crippen LogP contribution in [0, 0.1) is 23.1 Å². The summed E-state index contributed by atoms with van der Waals surface area (Å²) in [6.45, 7) is 0.339. The van der Waals surface area contributed by atoms with Crippen molar-refractivity contribution in [3.05, 3.63) is 58.9 Å². The van der Waals surface area contributed by atoms with Crippen molar-refractivity contribution in [1.82, 2.24) is 4.31 Å². The Hall–Kier alpha value is -2.47. The fourth-order valence-electron chi connectivity index (χ4n) is 3.04. The third-order valence-corrected chi connectivity index (χ3v) is 6.75. The summed E-state index contributed by atoms with van der Waals surface area (Å²) in [4.78, 5) is 12.6. The number of carbonyl (C=O) groups excluding carboxylic acids is 1. The molecule has 146 valence electrons. The second-order valence-electron chi connectivity index (χ2n) is 6.46. The molecule has 0 radical (unpaired) electrons. The molecular formula is C19H17ClFN3O3S. The van der Waals surface area contributed by atoms with Crippen LogP contribution in [0.3, 0.4) is 0 Å². The van der Waals surface area contributed by atoms with Gasteiger partial charge in [-0.3, -0.25) is 4.79 Å². The van der Waals surface area contributed by atoms with Gasteiger partial charge in [0.25, 0.3) is 0 Å². The predicted molar refractivity (Wildman–Crippen MR) is 103 cm³/mol. The number of piperidine rings is 1. The number of carbonyl (C=O) groups is 1. The van der Waals surface area contributed by atoms with Crippen LogP contribution in [0.4, 0.5) is 10.1 Å². The van der Waals surface area contributed by atoms with Gasteiger partial charge >= 0.3 is 0 Å². The monoisotopic (exact) mass is 421 g/mol. The molecule has 1 aliphatic heterocycles. The lowest BCUT2D eigenvalue weighted by molar-refractivity contribution is -0.120. The summed E-state index contributed by atoms with van der Waals surface area (Å²) in [5.74, 6) is -1.57. The first-order valence-corrected chi connectivity index (χ1v) is 10.4. The summed E-state index contributed by atoms with van der Waals surface area (Å²) in [6, 6.07) is 11.5. The standard InChI is InChI=1S/C19H17ClFN3O3S/c20-17-8-5-15(10-18(17)21)23-19(25)14-2-1-9-24(12-14)28(26,27)16-6-3-13(11-22)4-7-16/h3-8,10,14H,1-2,9,12H2,(H,23,25)/t14-/m0/s1. The van der Waals surface area contributed by atoms with Crippen molar-refractivity contribution in [2.24, 2.45) is 5.92 Å². The molecule has 0 aliphatic carbocycles. The molecule has 6 nitrogen and oxygen atoms in total. The highest BCUT2D eigenvalue weighted by molar-refractivity contribution is 7.89. The number of hydrogen-bond acceptors (Lipinski definition) is 4. The van der Waals surface area contributed by atoms with Crippen molar-refractivity contribution in [3.8, 4) is 6.07 Å². The first-order valence-electron chi connectivity index (χ1n) is 8.57. The van der Waals surface area contributed by atoms with Gasteiger partial charge in [-0.25, -0.2) is 12.8 Å². The van der Waals surface area contributed by atoms with Crippen molar-refractivity contribution in [3.63, 3.8) is 0 Å². The quantitative estimate of drug-likeness (QED) is 0.819. The number of sulfonamides is 1. The van der Waals surface area contributed by atoms with Crippen molar-refractivity contribution in [1.29, 1.82) is 5.26 Å². The zero-order valence-electron chi connectivity index (χ0n) is 14.7. The summed E-state index contributed by atoms with van der Waals surface area (Å²) in [5.41, 5.74) is 0.629. The van der Waals surface area contributed by atoms with Crippen LogP contribution >= 0.6 is 11.6 Å². The molecule has 0 unspecified atom stereocenters. The van der Waals surface area contributed by atoms with E-state index in [1.807, 2.05) is 6.07 Å². The Kier molecular flexibility index (Phi) is 5.98. The van der Waals surface area contributed by atoms with Crippen LogP contribution in [0.2, 0.25) is 5.02 Å². The lowest BCUT2D eigenvalue weighted by atomic mass is 9.99. The number of anilines is 1. The van der Waals surface area contributed by atoms with E-state index in [0.29, 0.717) is 24.9 Å². The summed E-state index contributed by atoms with van der Waals surface area (Å²) in [5, 5.41) is 11.4. The molecule has 1 aliphatic rings. The normalized spacial score (nSPS) is 17.7.